The Labute approximate surface area is 167 Å². The van der Waals surface area contributed by atoms with Crippen LogP contribution in [0.1, 0.15) is 37.9 Å². The molecular formula is C20H25F2N5O2. The lowest BCUT2D eigenvalue weighted by Gasteiger charge is -2.42. The van der Waals surface area contributed by atoms with Crippen molar-refractivity contribution in [1.29, 1.82) is 0 Å². The van der Waals surface area contributed by atoms with Crippen molar-refractivity contribution in [2.75, 3.05) is 25.5 Å². The standard InChI is InChI=1S/C20H25F2N5O2/c1-10(2)27-16(18-12-3-15(18)26(7-12)13-8-28-9-13)5-14(25-27)11-4-17(29-20(21)22)19(23)24-6-11/h4-6,10,12-13,15,18,20H,3,7-9H2,1-2H3,(H2,23,24)/t12-,15?,18-/m0/s1. The molecule has 2 N–H and O–H groups in total. The fraction of sp³-hybridized carbons (Fsp3) is 0.600. The number of fused-ring (bicyclic) bond motifs is 1. The van der Waals surface area contributed by atoms with Crippen LogP contribution in [0.2, 0.25) is 0 Å². The third kappa shape index (κ3) is 3.07. The van der Waals surface area contributed by atoms with Crippen LogP contribution in [0.15, 0.2) is 18.3 Å². The maximum atomic E-state index is 12.7. The summed E-state index contributed by atoms with van der Waals surface area (Å²) in [7, 11) is 0. The van der Waals surface area contributed by atoms with Crippen molar-refractivity contribution in [2.45, 2.75) is 50.9 Å². The van der Waals surface area contributed by atoms with Crippen LogP contribution in [-0.4, -0.2) is 58.1 Å². The van der Waals surface area contributed by atoms with Crippen LogP contribution in [0, 0.1) is 5.92 Å². The Bertz CT molecular complexity index is 914. The molecule has 1 aliphatic carbocycles. The van der Waals surface area contributed by atoms with Gasteiger partial charge in [-0.05, 0) is 38.3 Å². The van der Waals surface area contributed by atoms with Gasteiger partial charge in [-0.3, -0.25) is 9.58 Å². The second-order valence-electron chi connectivity index (χ2n) is 8.46. The molecule has 156 valence electrons. The molecule has 3 atom stereocenters. The van der Waals surface area contributed by atoms with Crippen LogP contribution < -0.4 is 10.5 Å². The summed E-state index contributed by atoms with van der Waals surface area (Å²) < 4.78 is 37.3. The molecule has 29 heavy (non-hydrogen) atoms. The Kier molecular flexibility index (Phi) is 4.47. The van der Waals surface area contributed by atoms with Crippen LogP contribution in [-0.2, 0) is 4.74 Å². The molecule has 9 heteroatoms. The minimum absolute atomic E-state index is 0.0621. The number of aromatic nitrogens is 3. The molecule has 1 unspecified atom stereocenters. The first-order valence-electron chi connectivity index (χ1n) is 10.1. The Hall–Kier alpha value is -2.26. The molecule has 1 saturated carbocycles. The number of halogens is 2. The van der Waals surface area contributed by atoms with E-state index in [1.54, 1.807) is 6.20 Å². The summed E-state index contributed by atoms with van der Waals surface area (Å²) >= 11 is 0. The van der Waals surface area contributed by atoms with E-state index in [1.807, 2.05) is 0 Å². The number of nitrogens with zero attached hydrogens (tertiary/aromatic N) is 4. The van der Waals surface area contributed by atoms with Crippen molar-refractivity contribution in [3.8, 4) is 17.0 Å². The summed E-state index contributed by atoms with van der Waals surface area (Å²) in [6, 6.07) is 4.82. The molecule has 3 aliphatic heterocycles. The van der Waals surface area contributed by atoms with Gasteiger partial charge in [-0.15, -0.1) is 0 Å². The topological polar surface area (TPSA) is 78.4 Å². The average molecular weight is 405 g/mol. The maximum absolute atomic E-state index is 12.7. The Balaban J connectivity index is 1.47. The summed E-state index contributed by atoms with van der Waals surface area (Å²) in [6.07, 6.45) is 2.77. The van der Waals surface area contributed by atoms with Crippen molar-refractivity contribution in [1.82, 2.24) is 19.7 Å². The highest BCUT2D eigenvalue weighted by Crippen LogP contribution is 2.54. The number of ether oxygens (including phenoxy) is 2. The van der Waals surface area contributed by atoms with Gasteiger partial charge < -0.3 is 15.2 Å². The van der Waals surface area contributed by atoms with Crippen molar-refractivity contribution >= 4 is 5.82 Å². The number of anilines is 1. The highest BCUT2D eigenvalue weighted by molar-refractivity contribution is 5.64. The van der Waals surface area contributed by atoms with E-state index in [4.69, 9.17) is 15.6 Å². The molecule has 0 radical (unpaired) electrons. The normalized spacial score (nSPS) is 26.8. The lowest BCUT2D eigenvalue weighted by atomic mass is 9.71. The smallest absolute Gasteiger partial charge is 0.387 e. The van der Waals surface area contributed by atoms with Gasteiger partial charge in [0.25, 0.3) is 0 Å². The first kappa shape index (κ1) is 18.7. The minimum Gasteiger partial charge on any atom is -0.431 e. The van der Waals surface area contributed by atoms with Crippen LogP contribution in [0.25, 0.3) is 11.3 Å². The SMILES string of the molecule is CC(C)n1nc(-c2cnc(N)c(OC(F)F)c2)cc1[C@@H]1C2C[C@H]1CN2C1COC1. The number of rotatable bonds is 6. The van der Waals surface area contributed by atoms with Crippen LogP contribution in [0.3, 0.4) is 0 Å². The van der Waals surface area contributed by atoms with Gasteiger partial charge in [0.2, 0.25) is 0 Å². The van der Waals surface area contributed by atoms with E-state index >= 15 is 0 Å². The van der Waals surface area contributed by atoms with Gasteiger partial charge in [0.1, 0.15) is 0 Å². The molecule has 4 fully saturated rings. The molecule has 2 bridgehead atoms. The Morgan fingerprint density at radius 3 is 2.72 bits per heavy atom. The molecule has 0 aromatic carbocycles. The predicted molar refractivity (Wildman–Crippen MR) is 103 cm³/mol. The molecule has 2 aromatic rings. The van der Waals surface area contributed by atoms with E-state index in [0.29, 0.717) is 35.2 Å². The van der Waals surface area contributed by atoms with Crippen molar-refractivity contribution in [2.24, 2.45) is 5.92 Å². The first-order chi connectivity index (χ1) is 13.9. The summed E-state index contributed by atoms with van der Waals surface area (Å²) in [5, 5.41) is 4.78. The van der Waals surface area contributed by atoms with E-state index < -0.39 is 6.61 Å². The molecular weight excluding hydrogens is 380 g/mol. The fourth-order valence-corrected chi connectivity index (χ4v) is 4.93. The molecule has 2 aromatic heterocycles. The molecule has 0 spiro atoms. The zero-order valence-corrected chi connectivity index (χ0v) is 16.5. The number of nitrogen functional groups attached to an aromatic ring is 1. The zero-order valence-electron chi connectivity index (χ0n) is 16.5. The van der Waals surface area contributed by atoms with Gasteiger partial charge in [-0.25, -0.2) is 4.98 Å². The predicted octanol–water partition coefficient (Wildman–Crippen LogP) is 2.90. The molecule has 6 rings (SSSR count). The third-order valence-electron chi connectivity index (χ3n) is 6.42. The molecule has 3 saturated heterocycles. The van der Waals surface area contributed by atoms with Gasteiger partial charge in [-0.2, -0.15) is 13.9 Å². The largest absolute Gasteiger partial charge is 0.431 e. The Morgan fingerprint density at radius 2 is 2.07 bits per heavy atom. The van der Waals surface area contributed by atoms with Crippen LogP contribution in [0.4, 0.5) is 14.6 Å². The second kappa shape index (κ2) is 6.91. The highest BCUT2D eigenvalue weighted by Gasteiger charge is 2.56. The summed E-state index contributed by atoms with van der Waals surface area (Å²) in [5.41, 5.74) is 8.19. The van der Waals surface area contributed by atoms with Crippen molar-refractivity contribution in [3.05, 3.63) is 24.0 Å². The Morgan fingerprint density at radius 1 is 1.28 bits per heavy atom. The van der Waals surface area contributed by atoms with E-state index in [1.165, 1.54) is 18.2 Å². The van der Waals surface area contributed by atoms with Crippen LogP contribution >= 0.6 is 0 Å². The van der Waals surface area contributed by atoms with Crippen LogP contribution in [0.5, 0.6) is 5.75 Å². The van der Waals surface area contributed by atoms with Gasteiger partial charge in [0.15, 0.2) is 11.6 Å². The fourth-order valence-electron chi connectivity index (χ4n) is 4.93. The first-order valence-corrected chi connectivity index (χ1v) is 10.1. The maximum Gasteiger partial charge on any atom is 0.387 e. The summed E-state index contributed by atoms with van der Waals surface area (Å²) in [6.45, 7) is 4.02. The van der Waals surface area contributed by atoms with Gasteiger partial charge in [-0.1, -0.05) is 0 Å². The van der Waals surface area contributed by atoms with E-state index in [0.717, 1.165) is 19.8 Å². The second-order valence-corrected chi connectivity index (χ2v) is 8.46. The zero-order chi connectivity index (χ0) is 20.3. The summed E-state index contributed by atoms with van der Waals surface area (Å²) in [4.78, 5) is 6.61. The summed E-state index contributed by atoms with van der Waals surface area (Å²) in [5.74, 6) is 0.883. The number of pyridine rings is 1. The van der Waals surface area contributed by atoms with E-state index in [2.05, 4.69) is 39.2 Å². The molecule has 4 aliphatic rings. The van der Waals surface area contributed by atoms with E-state index in [9.17, 15) is 8.78 Å². The van der Waals surface area contributed by atoms with Crippen molar-refractivity contribution < 1.29 is 18.3 Å². The molecule has 0 amide bonds. The average Bonchev–Trinajstić information content (AvgIpc) is 3.28. The monoisotopic (exact) mass is 405 g/mol. The number of hydrogen-bond donors (Lipinski definition) is 1. The van der Waals surface area contributed by atoms with Gasteiger partial charge >= 0.3 is 6.61 Å². The lowest BCUT2D eigenvalue weighted by molar-refractivity contribution is -0.0671. The number of hydrogen-bond acceptors (Lipinski definition) is 6. The van der Waals surface area contributed by atoms with Gasteiger partial charge in [0, 0.05) is 42.0 Å². The van der Waals surface area contributed by atoms with Crippen molar-refractivity contribution in [3.63, 3.8) is 0 Å². The van der Waals surface area contributed by atoms with E-state index in [-0.39, 0.29) is 17.6 Å². The highest BCUT2D eigenvalue weighted by atomic mass is 19.3. The minimum atomic E-state index is -2.95. The lowest BCUT2D eigenvalue weighted by Crippen LogP contribution is -2.51. The van der Waals surface area contributed by atoms with Gasteiger partial charge in [0.05, 0.1) is 24.9 Å². The molecule has 5 heterocycles. The molecule has 7 nitrogen and oxygen atoms in total. The number of nitrogens with two attached hydrogens (primary N) is 1. The number of alkyl halides is 2. The quantitative estimate of drug-likeness (QED) is 0.796. The third-order valence-corrected chi connectivity index (χ3v) is 6.42.